The van der Waals surface area contributed by atoms with Crippen LogP contribution in [0, 0.1) is 11.7 Å². The molecule has 4 heteroatoms. The maximum absolute atomic E-state index is 13.7. The first-order valence-corrected chi connectivity index (χ1v) is 6.82. The van der Waals surface area contributed by atoms with Gasteiger partial charge in [0.1, 0.15) is 0 Å². The highest BCUT2D eigenvalue weighted by atomic mass is 19.1. The molecule has 1 aliphatic rings. The summed E-state index contributed by atoms with van der Waals surface area (Å²) in [5.41, 5.74) is 1.00. The fourth-order valence-corrected chi connectivity index (χ4v) is 2.71. The number of halogens is 1. The van der Waals surface area contributed by atoms with Gasteiger partial charge in [-0.3, -0.25) is 0 Å². The summed E-state index contributed by atoms with van der Waals surface area (Å²) in [4.78, 5) is 0. The topological polar surface area (TPSA) is 30.5 Å². The zero-order valence-electron chi connectivity index (χ0n) is 11.6. The second-order valence-electron chi connectivity index (χ2n) is 5.02. The van der Waals surface area contributed by atoms with Crippen molar-refractivity contribution in [2.75, 3.05) is 27.4 Å². The maximum atomic E-state index is 13.7. The van der Waals surface area contributed by atoms with Crippen molar-refractivity contribution in [1.82, 2.24) is 5.32 Å². The molecular formula is C15H22FNO2. The minimum absolute atomic E-state index is 0.290. The second kappa shape index (κ2) is 6.87. The normalized spacial score (nSPS) is 18.3. The van der Waals surface area contributed by atoms with Crippen LogP contribution in [0.25, 0.3) is 0 Å². The molecule has 106 valence electrons. The summed E-state index contributed by atoms with van der Waals surface area (Å²) < 4.78 is 24.0. The highest BCUT2D eigenvalue weighted by Crippen LogP contribution is 2.23. The van der Waals surface area contributed by atoms with Gasteiger partial charge in [-0.15, -0.1) is 0 Å². The number of hydrogen-bond donors (Lipinski definition) is 1. The number of methoxy groups -OCH3 is 1. The van der Waals surface area contributed by atoms with Crippen molar-refractivity contribution in [1.29, 1.82) is 0 Å². The summed E-state index contributed by atoms with van der Waals surface area (Å²) in [6.07, 6.45) is 2.98. The van der Waals surface area contributed by atoms with E-state index >= 15 is 0 Å². The molecule has 1 atom stereocenters. The van der Waals surface area contributed by atoms with E-state index in [9.17, 15) is 4.39 Å². The molecular weight excluding hydrogens is 245 g/mol. The summed E-state index contributed by atoms with van der Waals surface area (Å²) in [7, 11) is 3.45. The maximum Gasteiger partial charge on any atom is 0.165 e. The van der Waals surface area contributed by atoms with Crippen molar-refractivity contribution in [2.24, 2.45) is 5.92 Å². The van der Waals surface area contributed by atoms with Gasteiger partial charge in [-0.1, -0.05) is 6.07 Å². The third kappa shape index (κ3) is 3.67. The van der Waals surface area contributed by atoms with E-state index < -0.39 is 0 Å². The molecule has 3 nitrogen and oxygen atoms in total. The van der Waals surface area contributed by atoms with E-state index in [0.717, 1.165) is 38.0 Å². The number of ether oxygens (including phenoxy) is 2. The van der Waals surface area contributed by atoms with Gasteiger partial charge in [0.05, 0.1) is 7.11 Å². The molecule has 1 aromatic carbocycles. The molecule has 1 N–H and O–H groups in total. The van der Waals surface area contributed by atoms with Crippen molar-refractivity contribution >= 4 is 0 Å². The Hall–Kier alpha value is -1.13. The SMILES string of the molecule is CNC(Cc1ccc(OC)c(F)c1)C1CCOCC1. The monoisotopic (exact) mass is 267 g/mol. The molecule has 0 aliphatic carbocycles. The van der Waals surface area contributed by atoms with Gasteiger partial charge in [0.25, 0.3) is 0 Å². The lowest BCUT2D eigenvalue weighted by Crippen LogP contribution is -2.38. The predicted molar refractivity (Wildman–Crippen MR) is 73.0 cm³/mol. The Kier molecular flexibility index (Phi) is 5.16. The Morgan fingerprint density at radius 3 is 2.74 bits per heavy atom. The van der Waals surface area contributed by atoms with E-state index in [-0.39, 0.29) is 5.82 Å². The van der Waals surface area contributed by atoms with Crippen LogP contribution < -0.4 is 10.1 Å². The van der Waals surface area contributed by atoms with Crippen LogP contribution in [0.4, 0.5) is 4.39 Å². The first kappa shape index (κ1) is 14.3. The predicted octanol–water partition coefficient (Wildman–Crippen LogP) is 2.39. The standard InChI is InChI=1S/C15H22FNO2/c1-17-14(12-5-7-19-8-6-12)10-11-3-4-15(18-2)13(16)9-11/h3-4,9,12,14,17H,5-8,10H2,1-2H3. The minimum atomic E-state index is -0.290. The van der Waals surface area contributed by atoms with E-state index in [2.05, 4.69) is 5.32 Å². The molecule has 1 heterocycles. The Balaban J connectivity index is 2.03. The molecule has 1 aliphatic heterocycles. The van der Waals surface area contributed by atoms with Crippen molar-refractivity contribution in [3.8, 4) is 5.75 Å². The smallest absolute Gasteiger partial charge is 0.165 e. The molecule has 1 aromatic rings. The lowest BCUT2D eigenvalue weighted by atomic mass is 9.88. The van der Waals surface area contributed by atoms with Crippen LogP contribution in [0.5, 0.6) is 5.75 Å². The van der Waals surface area contributed by atoms with Crippen LogP contribution in [0.2, 0.25) is 0 Å². The Labute approximate surface area is 114 Å². The number of benzene rings is 1. The third-order valence-electron chi connectivity index (χ3n) is 3.88. The van der Waals surface area contributed by atoms with Gasteiger partial charge in [0, 0.05) is 19.3 Å². The molecule has 1 unspecified atom stereocenters. The fourth-order valence-electron chi connectivity index (χ4n) is 2.71. The quantitative estimate of drug-likeness (QED) is 0.888. The van der Waals surface area contributed by atoms with Gasteiger partial charge in [-0.05, 0) is 49.9 Å². The van der Waals surface area contributed by atoms with Crippen LogP contribution in [-0.2, 0) is 11.2 Å². The number of hydrogen-bond acceptors (Lipinski definition) is 3. The van der Waals surface area contributed by atoms with Crippen LogP contribution in [0.3, 0.4) is 0 Å². The third-order valence-corrected chi connectivity index (χ3v) is 3.88. The summed E-state index contributed by atoms with van der Waals surface area (Å²) in [6.45, 7) is 1.67. The molecule has 2 rings (SSSR count). The second-order valence-corrected chi connectivity index (χ2v) is 5.02. The first-order valence-electron chi connectivity index (χ1n) is 6.82. The summed E-state index contributed by atoms with van der Waals surface area (Å²) in [5.74, 6) is 0.613. The summed E-state index contributed by atoms with van der Waals surface area (Å²) in [6, 6.07) is 5.58. The number of likely N-dealkylation sites (N-methyl/N-ethyl adjacent to an activating group) is 1. The summed E-state index contributed by atoms with van der Waals surface area (Å²) >= 11 is 0. The van der Waals surface area contributed by atoms with Crippen LogP contribution in [-0.4, -0.2) is 33.4 Å². The van der Waals surface area contributed by atoms with Gasteiger partial charge in [0.2, 0.25) is 0 Å². The van der Waals surface area contributed by atoms with E-state index in [1.807, 2.05) is 13.1 Å². The fraction of sp³-hybridized carbons (Fsp3) is 0.600. The van der Waals surface area contributed by atoms with Gasteiger partial charge < -0.3 is 14.8 Å². The molecule has 0 bridgehead atoms. The van der Waals surface area contributed by atoms with Gasteiger partial charge in [-0.2, -0.15) is 0 Å². The highest BCUT2D eigenvalue weighted by Gasteiger charge is 2.23. The lowest BCUT2D eigenvalue weighted by Gasteiger charge is -2.30. The Morgan fingerprint density at radius 2 is 2.16 bits per heavy atom. The van der Waals surface area contributed by atoms with Crippen molar-refractivity contribution < 1.29 is 13.9 Å². The van der Waals surface area contributed by atoms with Crippen LogP contribution in [0.1, 0.15) is 18.4 Å². The highest BCUT2D eigenvalue weighted by molar-refractivity contribution is 5.29. The number of rotatable bonds is 5. The van der Waals surface area contributed by atoms with Crippen molar-refractivity contribution in [2.45, 2.75) is 25.3 Å². The van der Waals surface area contributed by atoms with E-state index in [1.54, 1.807) is 12.1 Å². The molecule has 0 aromatic heterocycles. The van der Waals surface area contributed by atoms with Gasteiger partial charge in [-0.25, -0.2) is 4.39 Å². The van der Waals surface area contributed by atoms with Crippen molar-refractivity contribution in [3.05, 3.63) is 29.6 Å². The average Bonchev–Trinajstić information content (AvgIpc) is 2.46. The zero-order valence-corrected chi connectivity index (χ0v) is 11.6. The van der Waals surface area contributed by atoms with E-state index in [1.165, 1.54) is 7.11 Å². The van der Waals surface area contributed by atoms with E-state index in [4.69, 9.17) is 9.47 Å². The number of nitrogens with one attached hydrogen (secondary N) is 1. The lowest BCUT2D eigenvalue weighted by molar-refractivity contribution is 0.0547. The van der Waals surface area contributed by atoms with Gasteiger partial charge in [0.15, 0.2) is 11.6 Å². The van der Waals surface area contributed by atoms with Crippen LogP contribution in [0.15, 0.2) is 18.2 Å². The molecule has 0 radical (unpaired) electrons. The Bertz CT molecular complexity index is 405. The van der Waals surface area contributed by atoms with Crippen molar-refractivity contribution in [3.63, 3.8) is 0 Å². The molecule has 0 spiro atoms. The van der Waals surface area contributed by atoms with Gasteiger partial charge >= 0.3 is 0 Å². The molecule has 1 saturated heterocycles. The summed E-state index contributed by atoms with van der Waals surface area (Å²) in [5, 5.41) is 3.36. The molecule has 0 saturated carbocycles. The molecule has 19 heavy (non-hydrogen) atoms. The average molecular weight is 267 g/mol. The van der Waals surface area contributed by atoms with E-state index in [0.29, 0.717) is 17.7 Å². The first-order chi connectivity index (χ1) is 9.24. The molecule has 0 amide bonds. The Morgan fingerprint density at radius 1 is 1.42 bits per heavy atom. The minimum Gasteiger partial charge on any atom is -0.494 e. The van der Waals surface area contributed by atoms with Crippen LogP contribution >= 0.6 is 0 Å². The molecule has 1 fully saturated rings. The largest absolute Gasteiger partial charge is 0.494 e. The zero-order chi connectivity index (χ0) is 13.7.